The van der Waals surface area contributed by atoms with Crippen LogP contribution < -0.4 is 5.73 Å². The molecule has 0 aromatic heterocycles. The molecule has 62 valence electrons. The van der Waals surface area contributed by atoms with Gasteiger partial charge >= 0.3 is 11.9 Å². The van der Waals surface area contributed by atoms with Crippen LogP contribution in [0.4, 0.5) is 0 Å². The number of nitrogens with two attached hydrogens (primary N) is 1. The van der Waals surface area contributed by atoms with E-state index < -0.39 is 18.0 Å². The zero-order valence-corrected chi connectivity index (χ0v) is 5.73. The molecule has 0 aliphatic rings. The van der Waals surface area contributed by atoms with Gasteiger partial charge in [0.15, 0.2) is 0 Å². The molecule has 0 rings (SSSR count). The Morgan fingerprint density at radius 1 is 1.45 bits per heavy atom. The lowest BCUT2D eigenvalue weighted by molar-refractivity contribution is -0.137. The van der Waals surface area contributed by atoms with Gasteiger partial charge < -0.3 is 15.9 Å². The molecule has 0 bridgehead atoms. The standard InChI is InChI=1S/C6H9NO4/c7-4(3-6(10)11)1-2-5(8)9/h1-2,4H,3,7H2,(H,8,9)(H,10,11). The van der Waals surface area contributed by atoms with Gasteiger partial charge in [0.05, 0.1) is 6.42 Å². The summed E-state index contributed by atoms with van der Waals surface area (Å²) in [6, 6.07) is -0.733. The number of hydrogen-bond donors (Lipinski definition) is 3. The summed E-state index contributed by atoms with van der Waals surface area (Å²) >= 11 is 0. The van der Waals surface area contributed by atoms with Gasteiger partial charge in [0.1, 0.15) is 0 Å². The molecule has 0 spiro atoms. The minimum absolute atomic E-state index is 0.260. The lowest BCUT2D eigenvalue weighted by Gasteiger charge is -1.99. The summed E-state index contributed by atoms with van der Waals surface area (Å²) in [4.78, 5) is 19.9. The molecule has 0 radical (unpaired) electrons. The predicted octanol–water partition coefficient (Wildman–Crippen LogP) is -0.571. The SMILES string of the molecule is NC(C=CC(=O)O)CC(=O)O. The van der Waals surface area contributed by atoms with Crippen LogP contribution in [0.25, 0.3) is 0 Å². The molecule has 0 amide bonds. The molecule has 1 unspecified atom stereocenters. The first-order valence-corrected chi connectivity index (χ1v) is 2.91. The summed E-state index contributed by atoms with van der Waals surface area (Å²) in [5, 5.41) is 16.3. The summed E-state index contributed by atoms with van der Waals surface area (Å²) in [6.45, 7) is 0. The van der Waals surface area contributed by atoms with Gasteiger partial charge in [-0.2, -0.15) is 0 Å². The van der Waals surface area contributed by atoms with Gasteiger partial charge in [0.25, 0.3) is 0 Å². The molecule has 0 aromatic carbocycles. The van der Waals surface area contributed by atoms with Crippen LogP contribution in [0.3, 0.4) is 0 Å². The van der Waals surface area contributed by atoms with Crippen molar-refractivity contribution >= 4 is 11.9 Å². The van der Waals surface area contributed by atoms with Crippen molar-refractivity contribution in [3.63, 3.8) is 0 Å². The van der Waals surface area contributed by atoms with E-state index in [1.54, 1.807) is 0 Å². The Balaban J connectivity index is 3.77. The first-order valence-electron chi connectivity index (χ1n) is 2.91. The van der Waals surface area contributed by atoms with Crippen LogP contribution in [0.1, 0.15) is 6.42 Å². The predicted molar refractivity (Wildman–Crippen MR) is 37.0 cm³/mol. The van der Waals surface area contributed by atoms with E-state index in [2.05, 4.69) is 0 Å². The van der Waals surface area contributed by atoms with E-state index >= 15 is 0 Å². The quantitative estimate of drug-likeness (QED) is 0.477. The molecule has 1 atom stereocenters. The lowest BCUT2D eigenvalue weighted by Crippen LogP contribution is -2.21. The first-order chi connectivity index (χ1) is 5.02. The zero-order valence-electron chi connectivity index (χ0n) is 5.73. The maximum absolute atomic E-state index is 9.99. The van der Waals surface area contributed by atoms with Gasteiger partial charge in [-0.15, -0.1) is 0 Å². The van der Waals surface area contributed by atoms with E-state index in [1.165, 1.54) is 0 Å². The molecular formula is C6H9NO4. The van der Waals surface area contributed by atoms with Crippen LogP contribution in [0.15, 0.2) is 12.2 Å². The molecule has 4 N–H and O–H groups in total. The summed E-state index contributed by atoms with van der Waals surface area (Å²) < 4.78 is 0. The zero-order chi connectivity index (χ0) is 8.85. The van der Waals surface area contributed by atoms with Crippen molar-refractivity contribution in [3.05, 3.63) is 12.2 Å². The van der Waals surface area contributed by atoms with Crippen molar-refractivity contribution in [2.24, 2.45) is 5.73 Å². The van der Waals surface area contributed by atoms with Crippen LogP contribution in [-0.4, -0.2) is 28.2 Å². The number of hydrogen-bond acceptors (Lipinski definition) is 3. The van der Waals surface area contributed by atoms with Crippen LogP contribution >= 0.6 is 0 Å². The van der Waals surface area contributed by atoms with E-state index in [1.807, 2.05) is 0 Å². The molecule has 0 fully saturated rings. The average molecular weight is 159 g/mol. The first kappa shape index (κ1) is 9.64. The Labute approximate surface area is 63.1 Å². The van der Waals surface area contributed by atoms with Crippen molar-refractivity contribution in [3.8, 4) is 0 Å². The fourth-order valence-corrected chi connectivity index (χ4v) is 0.476. The normalized spacial score (nSPS) is 13.2. The second-order valence-corrected chi connectivity index (χ2v) is 1.96. The van der Waals surface area contributed by atoms with Crippen molar-refractivity contribution < 1.29 is 19.8 Å². The number of carbonyl (C=O) groups is 2. The third-order valence-corrected chi connectivity index (χ3v) is 0.896. The fourth-order valence-electron chi connectivity index (χ4n) is 0.476. The smallest absolute Gasteiger partial charge is 0.328 e. The maximum atomic E-state index is 9.99. The largest absolute Gasteiger partial charge is 0.481 e. The summed E-state index contributed by atoms with van der Waals surface area (Å²) in [6.07, 6.45) is 1.70. The highest BCUT2D eigenvalue weighted by Crippen LogP contribution is 1.89. The molecule has 0 saturated heterocycles. The maximum Gasteiger partial charge on any atom is 0.328 e. The second kappa shape index (κ2) is 4.45. The monoisotopic (exact) mass is 159 g/mol. The molecule has 11 heavy (non-hydrogen) atoms. The van der Waals surface area contributed by atoms with Gasteiger partial charge in [-0.3, -0.25) is 4.79 Å². The molecule has 0 heterocycles. The van der Waals surface area contributed by atoms with E-state index in [9.17, 15) is 9.59 Å². The Kier molecular flexibility index (Phi) is 3.90. The van der Waals surface area contributed by atoms with Crippen molar-refractivity contribution in [2.75, 3.05) is 0 Å². The minimum atomic E-state index is -1.13. The summed E-state index contributed by atoms with van der Waals surface area (Å²) in [5.74, 6) is -2.18. The van der Waals surface area contributed by atoms with Crippen LogP contribution in [0.5, 0.6) is 0 Å². The molecule has 5 nitrogen and oxygen atoms in total. The highest BCUT2D eigenvalue weighted by molar-refractivity contribution is 5.80. The highest BCUT2D eigenvalue weighted by Gasteiger charge is 2.03. The van der Waals surface area contributed by atoms with E-state index in [-0.39, 0.29) is 6.42 Å². The number of aliphatic carboxylic acids is 2. The Morgan fingerprint density at radius 2 is 2.00 bits per heavy atom. The number of carboxylic acid groups (broad SMARTS) is 2. The molecule has 0 aliphatic carbocycles. The molecule has 0 saturated carbocycles. The van der Waals surface area contributed by atoms with E-state index in [0.29, 0.717) is 0 Å². The third-order valence-electron chi connectivity index (χ3n) is 0.896. The Hall–Kier alpha value is -1.36. The van der Waals surface area contributed by atoms with Crippen LogP contribution in [0, 0.1) is 0 Å². The van der Waals surface area contributed by atoms with Gasteiger partial charge in [-0.1, -0.05) is 6.08 Å². The Bertz CT molecular complexity index is 187. The number of carboxylic acids is 2. The Morgan fingerprint density at radius 3 is 2.36 bits per heavy atom. The van der Waals surface area contributed by atoms with Crippen molar-refractivity contribution in [2.45, 2.75) is 12.5 Å². The van der Waals surface area contributed by atoms with Crippen LogP contribution in [0.2, 0.25) is 0 Å². The van der Waals surface area contributed by atoms with Gasteiger partial charge in [0.2, 0.25) is 0 Å². The topological polar surface area (TPSA) is 101 Å². The fraction of sp³-hybridized carbons (Fsp3) is 0.333. The summed E-state index contributed by atoms with van der Waals surface area (Å²) in [5.41, 5.74) is 5.19. The van der Waals surface area contributed by atoms with Crippen LogP contribution in [-0.2, 0) is 9.59 Å². The molecule has 5 heteroatoms. The van der Waals surface area contributed by atoms with Gasteiger partial charge in [-0.25, -0.2) is 4.79 Å². The molecular weight excluding hydrogens is 150 g/mol. The van der Waals surface area contributed by atoms with E-state index in [4.69, 9.17) is 15.9 Å². The van der Waals surface area contributed by atoms with Crippen molar-refractivity contribution in [1.82, 2.24) is 0 Å². The van der Waals surface area contributed by atoms with Gasteiger partial charge in [0, 0.05) is 12.1 Å². The third kappa shape index (κ3) is 6.53. The second-order valence-electron chi connectivity index (χ2n) is 1.96. The average Bonchev–Trinajstić information content (AvgIpc) is 1.82. The molecule has 0 aliphatic heterocycles. The summed E-state index contributed by atoms with van der Waals surface area (Å²) in [7, 11) is 0. The van der Waals surface area contributed by atoms with E-state index in [0.717, 1.165) is 12.2 Å². The number of rotatable bonds is 4. The highest BCUT2D eigenvalue weighted by atomic mass is 16.4. The van der Waals surface area contributed by atoms with Gasteiger partial charge in [-0.05, 0) is 0 Å². The van der Waals surface area contributed by atoms with Crippen molar-refractivity contribution in [1.29, 1.82) is 0 Å². The minimum Gasteiger partial charge on any atom is -0.481 e. The molecule has 0 aromatic rings. The lowest BCUT2D eigenvalue weighted by atomic mass is 10.2.